The number of primary amides is 1. The number of ether oxygens (including phenoxy) is 1. The van der Waals surface area contributed by atoms with Crippen molar-refractivity contribution < 1.29 is 19.4 Å². The van der Waals surface area contributed by atoms with Crippen LogP contribution in [0.5, 0.6) is 0 Å². The van der Waals surface area contributed by atoms with Crippen molar-refractivity contribution in [3.05, 3.63) is 21.9 Å². The van der Waals surface area contributed by atoms with Gasteiger partial charge < -0.3 is 20.9 Å². The first-order valence-electron chi connectivity index (χ1n) is 5.52. The molecule has 0 aliphatic heterocycles. The molecule has 1 aromatic rings. The van der Waals surface area contributed by atoms with Crippen molar-refractivity contribution in [3.8, 4) is 11.8 Å². The maximum Gasteiger partial charge on any atom is 0.404 e. The Kier molecular flexibility index (Phi) is 6.43. The van der Waals surface area contributed by atoms with Crippen LogP contribution in [0.1, 0.15) is 21.7 Å². The van der Waals surface area contributed by atoms with E-state index in [1.54, 1.807) is 11.4 Å². The third-order valence-electron chi connectivity index (χ3n) is 1.96. The van der Waals surface area contributed by atoms with Crippen LogP contribution in [0.25, 0.3) is 0 Å². The monoisotopic (exact) mass is 282 g/mol. The number of aliphatic hydroxyl groups is 1. The van der Waals surface area contributed by atoms with Gasteiger partial charge in [-0.25, -0.2) is 4.79 Å². The Balaban J connectivity index is 2.51. The van der Waals surface area contributed by atoms with Gasteiger partial charge in [-0.3, -0.25) is 4.79 Å². The second-order valence-electron chi connectivity index (χ2n) is 3.36. The molecule has 0 saturated heterocycles. The third-order valence-corrected chi connectivity index (χ3v) is 2.88. The summed E-state index contributed by atoms with van der Waals surface area (Å²) in [6.45, 7) is 0.199. The minimum atomic E-state index is -0.874. The third kappa shape index (κ3) is 5.42. The topological polar surface area (TPSA) is 102 Å². The molecule has 0 aliphatic carbocycles. The Morgan fingerprint density at radius 2 is 2.32 bits per heavy atom. The van der Waals surface area contributed by atoms with Gasteiger partial charge in [0.1, 0.15) is 11.5 Å². The molecule has 1 rings (SSSR count). The van der Waals surface area contributed by atoms with Gasteiger partial charge >= 0.3 is 6.09 Å². The number of aliphatic hydroxyl groups excluding tert-OH is 1. The average molecular weight is 282 g/mol. The minimum absolute atomic E-state index is 0.0108. The van der Waals surface area contributed by atoms with Crippen molar-refractivity contribution in [3.63, 3.8) is 0 Å². The van der Waals surface area contributed by atoms with Crippen LogP contribution in [-0.4, -0.2) is 36.9 Å². The highest BCUT2D eigenvalue weighted by molar-refractivity contribution is 7.12. The van der Waals surface area contributed by atoms with Gasteiger partial charge in [0.2, 0.25) is 0 Å². The zero-order chi connectivity index (χ0) is 14.1. The van der Waals surface area contributed by atoms with Gasteiger partial charge in [-0.05, 0) is 11.4 Å². The van der Waals surface area contributed by atoms with Crippen LogP contribution in [0.3, 0.4) is 0 Å². The predicted molar refractivity (Wildman–Crippen MR) is 70.8 cm³/mol. The number of carbonyl (C=O) groups excluding carboxylic acids is 2. The van der Waals surface area contributed by atoms with Crippen molar-refractivity contribution in [2.75, 3.05) is 19.8 Å². The van der Waals surface area contributed by atoms with Gasteiger partial charge in [-0.2, -0.15) is 0 Å². The molecule has 2 amide bonds. The molecule has 4 N–H and O–H groups in total. The molecule has 0 radical (unpaired) electrons. The Hall–Kier alpha value is -2.04. The molecule has 0 aliphatic rings. The number of carbonyl (C=O) groups is 2. The number of nitrogens with two attached hydrogens (primary N) is 1. The van der Waals surface area contributed by atoms with Gasteiger partial charge in [0, 0.05) is 12.0 Å². The fourth-order valence-electron chi connectivity index (χ4n) is 1.19. The first kappa shape index (κ1) is 15.0. The van der Waals surface area contributed by atoms with Crippen LogP contribution >= 0.6 is 11.3 Å². The number of hydrogen-bond donors (Lipinski definition) is 3. The van der Waals surface area contributed by atoms with E-state index in [2.05, 4.69) is 21.9 Å². The van der Waals surface area contributed by atoms with Gasteiger partial charge in [-0.1, -0.05) is 11.8 Å². The molecule has 0 spiro atoms. The summed E-state index contributed by atoms with van der Waals surface area (Å²) in [5.74, 6) is 5.29. The van der Waals surface area contributed by atoms with Crippen molar-refractivity contribution in [1.82, 2.24) is 5.32 Å². The van der Waals surface area contributed by atoms with Gasteiger partial charge in [0.25, 0.3) is 5.91 Å². The molecule has 102 valence electrons. The maximum atomic E-state index is 11.8. The lowest BCUT2D eigenvalue weighted by atomic mass is 10.2. The SMILES string of the molecule is NC(=O)OCCNC(=O)c1sccc1C#CCCO. The quantitative estimate of drug-likeness (QED) is 0.534. The largest absolute Gasteiger partial charge is 0.448 e. The molecule has 1 heterocycles. The molecule has 1 aromatic heterocycles. The van der Waals surface area contributed by atoms with Crippen molar-refractivity contribution in [2.24, 2.45) is 5.73 Å². The minimum Gasteiger partial charge on any atom is -0.448 e. The van der Waals surface area contributed by atoms with Crippen LogP contribution in [0.2, 0.25) is 0 Å². The number of thiophene rings is 1. The number of nitrogens with one attached hydrogen (secondary N) is 1. The van der Waals surface area contributed by atoms with E-state index in [0.29, 0.717) is 16.9 Å². The first-order chi connectivity index (χ1) is 9.15. The highest BCUT2D eigenvalue weighted by Gasteiger charge is 2.11. The smallest absolute Gasteiger partial charge is 0.404 e. The highest BCUT2D eigenvalue weighted by Crippen LogP contribution is 2.15. The maximum absolute atomic E-state index is 11.8. The van der Waals surface area contributed by atoms with Crippen molar-refractivity contribution in [1.29, 1.82) is 0 Å². The summed E-state index contributed by atoms with van der Waals surface area (Å²) < 4.78 is 4.49. The summed E-state index contributed by atoms with van der Waals surface area (Å²) in [6.07, 6.45) is -0.510. The van der Waals surface area contributed by atoms with Crippen LogP contribution in [-0.2, 0) is 4.74 Å². The normalized spacial score (nSPS) is 9.32. The van der Waals surface area contributed by atoms with Crippen LogP contribution in [0, 0.1) is 11.8 Å². The summed E-state index contributed by atoms with van der Waals surface area (Å²) in [6, 6.07) is 1.74. The molecule has 19 heavy (non-hydrogen) atoms. The van der Waals surface area contributed by atoms with E-state index < -0.39 is 6.09 Å². The van der Waals surface area contributed by atoms with E-state index in [1.807, 2.05) is 0 Å². The molecular formula is C12H14N2O4S. The highest BCUT2D eigenvalue weighted by atomic mass is 32.1. The van der Waals surface area contributed by atoms with E-state index in [0.717, 1.165) is 0 Å². The van der Waals surface area contributed by atoms with Crippen LogP contribution in [0.4, 0.5) is 4.79 Å². The Morgan fingerprint density at radius 3 is 3.00 bits per heavy atom. The lowest BCUT2D eigenvalue weighted by molar-refractivity contribution is 0.0940. The molecule has 0 unspecified atom stereocenters. The van der Waals surface area contributed by atoms with Crippen LogP contribution < -0.4 is 11.1 Å². The second kappa shape index (κ2) is 8.13. The van der Waals surface area contributed by atoms with E-state index in [4.69, 9.17) is 10.8 Å². The zero-order valence-electron chi connectivity index (χ0n) is 10.1. The van der Waals surface area contributed by atoms with Crippen LogP contribution in [0.15, 0.2) is 11.4 Å². The van der Waals surface area contributed by atoms with E-state index >= 15 is 0 Å². The number of hydrogen-bond acceptors (Lipinski definition) is 5. The van der Waals surface area contributed by atoms with E-state index in [-0.39, 0.29) is 25.7 Å². The molecule has 0 fully saturated rings. The summed E-state index contributed by atoms with van der Waals surface area (Å²) in [5, 5.41) is 13.0. The predicted octanol–water partition coefficient (Wildman–Crippen LogP) is 0.307. The Bertz CT molecular complexity index is 501. The van der Waals surface area contributed by atoms with Gasteiger partial charge in [0.15, 0.2) is 0 Å². The lowest BCUT2D eigenvalue weighted by Crippen LogP contribution is -2.28. The molecule has 0 bridgehead atoms. The molecule has 0 saturated carbocycles. The standard InChI is InChI=1S/C12H14N2O4S/c13-12(17)18-7-5-14-11(16)10-9(4-8-19-10)3-1-2-6-15/h4,8,15H,2,5-7H2,(H2,13,17)(H,14,16). The molecule has 6 nitrogen and oxygen atoms in total. The summed E-state index contributed by atoms with van der Waals surface area (Å²) in [4.78, 5) is 22.6. The number of rotatable bonds is 5. The summed E-state index contributed by atoms with van der Waals surface area (Å²) in [5.41, 5.74) is 5.40. The van der Waals surface area contributed by atoms with Crippen molar-refractivity contribution in [2.45, 2.75) is 6.42 Å². The first-order valence-corrected chi connectivity index (χ1v) is 6.40. The molecule has 0 atom stereocenters. The Morgan fingerprint density at radius 1 is 1.53 bits per heavy atom. The zero-order valence-corrected chi connectivity index (χ0v) is 11.0. The molecule has 7 heteroatoms. The summed E-state index contributed by atoms with van der Waals surface area (Å²) >= 11 is 1.27. The van der Waals surface area contributed by atoms with Gasteiger partial charge in [0.05, 0.1) is 13.2 Å². The Labute approximate surface area is 114 Å². The fourth-order valence-corrected chi connectivity index (χ4v) is 1.96. The lowest BCUT2D eigenvalue weighted by Gasteiger charge is -2.04. The average Bonchev–Trinajstić information content (AvgIpc) is 2.83. The molecular weight excluding hydrogens is 268 g/mol. The van der Waals surface area contributed by atoms with E-state index in [1.165, 1.54) is 11.3 Å². The number of amides is 2. The molecule has 0 aromatic carbocycles. The second-order valence-corrected chi connectivity index (χ2v) is 4.28. The van der Waals surface area contributed by atoms with E-state index in [9.17, 15) is 9.59 Å². The summed E-state index contributed by atoms with van der Waals surface area (Å²) in [7, 11) is 0. The van der Waals surface area contributed by atoms with Gasteiger partial charge in [-0.15, -0.1) is 11.3 Å². The van der Waals surface area contributed by atoms with Crippen molar-refractivity contribution >= 4 is 23.3 Å². The fraction of sp³-hybridized carbons (Fsp3) is 0.333.